The zero-order chi connectivity index (χ0) is 19.1. The van der Waals surface area contributed by atoms with Crippen LogP contribution in [0.5, 0.6) is 0 Å². The van der Waals surface area contributed by atoms with Gasteiger partial charge < -0.3 is 5.73 Å². The van der Waals surface area contributed by atoms with Crippen molar-refractivity contribution < 1.29 is 9.18 Å². The molecule has 2 N–H and O–H groups in total. The lowest BCUT2D eigenvalue weighted by Gasteiger charge is -2.12. The number of imidazole rings is 1. The van der Waals surface area contributed by atoms with Gasteiger partial charge in [-0.25, -0.2) is 9.37 Å². The van der Waals surface area contributed by atoms with E-state index >= 15 is 0 Å². The first-order valence-electron chi connectivity index (χ1n) is 8.28. The van der Waals surface area contributed by atoms with Gasteiger partial charge in [0, 0.05) is 16.7 Å². The molecule has 0 saturated heterocycles. The summed E-state index contributed by atoms with van der Waals surface area (Å²) >= 11 is 6.65. The van der Waals surface area contributed by atoms with Crippen LogP contribution in [0.15, 0.2) is 60.9 Å². The third kappa shape index (κ3) is 2.96. The van der Waals surface area contributed by atoms with Crippen molar-refractivity contribution in [3.05, 3.63) is 82.9 Å². The SMILES string of the molecule is Cc1ccc(F)c(-c2cccc(-n3cnc4cc(C(N)=O)ccc43)c2Cl)c1. The second-order valence-electron chi connectivity index (χ2n) is 6.30. The number of primary amides is 1. The summed E-state index contributed by atoms with van der Waals surface area (Å²) in [6, 6.07) is 15.4. The quantitative estimate of drug-likeness (QED) is 0.550. The summed E-state index contributed by atoms with van der Waals surface area (Å²) in [6.45, 7) is 1.90. The van der Waals surface area contributed by atoms with Crippen LogP contribution in [0.4, 0.5) is 4.39 Å². The van der Waals surface area contributed by atoms with Crippen LogP contribution in [-0.4, -0.2) is 15.5 Å². The minimum Gasteiger partial charge on any atom is -0.366 e. The van der Waals surface area contributed by atoms with Gasteiger partial charge in [0.1, 0.15) is 12.1 Å². The molecule has 4 aromatic rings. The normalized spacial score (nSPS) is 11.1. The number of aromatic nitrogens is 2. The van der Waals surface area contributed by atoms with Crippen LogP contribution in [0.2, 0.25) is 5.02 Å². The molecule has 0 aliphatic heterocycles. The maximum atomic E-state index is 14.4. The van der Waals surface area contributed by atoms with Gasteiger partial charge in [-0.15, -0.1) is 0 Å². The largest absolute Gasteiger partial charge is 0.366 e. The average molecular weight is 380 g/mol. The molecule has 6 heteroatoms. The molecule has 0 atom stereocenters. The van der Waals surface area contributed by atoms with E-state index in [0.717, 1.165) is 11.1 Å². The highest BCUT2D eigenvalue weighted by molar-refractivity contribution is 6.35. The van der Waals surface area contributed by atoms with Crippen LogP contribution in [0.1, 0.15) is 15.9 Å². The van der Waals surface area contributed by atoms with Crippen LogP contribution in [0, 0.1) is 12.7 Å². The molecule has 0 radical (unpaired) electrons. The standard InChI is InChI=1S/C21H15ClFN3O/c1-12-5-7-16(23)15(9-12)14-3-2-4-19(20(14)22)26-11-25-17-10-13(21(24)27)6-8-18(17)26/h2-11H,1H3,(H2,24,27). The van der Waals surface area contributed by atoms with Crippen LogP contribution in [0.25, 0.3) is 27.8 Å². The lowest BCUT2D eigenvalue weighted by Crippen LogP contribution is -2.10. The predicted molar refractivity (Wildman–Crippen MR) is 105 cm³/mol. The summed E-state index contributed by atoms with van der Waals surface area (Å²) in [4.78, 5) is 15.7. The molecule has 3 aromatic carbocycles. The Balaban J connectivity index is 1.90. The van der Waals surface area contributed by atoms with Gasteiger partial charge in [0.15, 0.2) is 0 Å². The van der Waals surface area contributed by atoms with E-state index in [1.165, 1.54) is 6.07 Å². The third-order valence-electron chi connectivity index (χ3n) is 4.48. The predicted octanol–water partition coefficient (Wildman–Crippen LogP) is 4.89. The number of benzene rings is 3. The number of carbonyl (C=O) groups is 1. The summed E-state index contributed by atoms with van der Waals surface area (Å²) in [5.74, 6) is -0.845. The van der Waals surface area contributed by atoms with Gasteiger partial charge >= 0.3 is 0 Å². The number of nitrogens with two attached hydrogens (primary N) is 1. The molecule has 27 heavy (non-hydrogen) atoms. The minimum atomic E-state index is -0.513. The lowest BCUT2D eigenvalue weighted by atomic mass is 10.0. The van der Waals surface area contributed by atoms with E-state index in [1.54, 1.807) is 47.3 Å². The fraction of sp³-hybridized carbons (Fsp3) is 0.0476. The van der Waals surface area contributed by atoms with E-state index in [-0.39, 0.29) is 5.82 Å². The summed E-state index contributed by atoms with van der Waals surface area (Å²) in [6.07, 6.45) is 1.62. The molecule has 0 aliphatic rings. The Kier molecular flexibility index (Phi) is 4.16. The molecule has 0 aliphatic carbocycles. The molecule has 0 fully saturated rings. The summed E-state index contributed by atoms with van der Waals surface area (Å²) in [5.41, 5.74) is 9.76. The molecular formula is C21H15ClFN3O. The third-order valence-corrected chi connectivity index (χ3v) is 4.88. The highest BCUT2D eigenvalue weighted by Crippen LogP contribution is 2.35. The number of amides is 1. The second-order valence-corrected chi connectivity index (χ2v) is 6.68. The number of hydrogen-bond donors (Lipinski definition) is 1. The van der Waals surface area contributed by atoms with Crippen molar-refractivity contribution in [2.45, 2.75) is 6.92 Å². The van der Waals surface area contributed by atoms with Gasteiger partial charge in [-0.2, -0.15) is 0 Å². The molecule has 1 aromatic heterocycles. The Morgan fingerprint density at radius 2 is 1.93 bits per heavy atom. The number of carbonyl (C=O) groups excluding carboxylic acids is 1. The zero-order valence-electron chi connectivity index (χ0n) is 14.4. The van der Waals surface area contributed by atoms with Gasteiger partial charge in [-0.3, -0.25) is 9.36 Å². The molecule has 0 spiro atoms. The Labute approximate surface area is 160 Å². The van der Waals surface area contributed by atoms with Gasteiger partial charge in [0.25, 0.3) is 0 Å². The smallest absolute Gasteiger partial charge is 0.248 e. The molecule has 134 valence electrons. The Bertz CT molecular complexity index is 1200. The number of halogens is 2. The fourth-order valence-corrected chi connectivity index (χ4v) is 3.44. The molecular weight excluding hydrogens is 365 g/mol. The van der Waals surface area contributed by atoms with Crippen molar-refractivity contribution in [1.82, 2.24) is 9.55 Å². The van der Waals surface area contributed by atoms with Crippen LogP contribution < -0.4 is 5.73 Å². The average Bonchev–Trinajstić information content (AvgIpc) is 3.07. The number of nitrogens with zero attached hydrogens (tertiary/aromatic N) is 2. The van der Waals surface area contributed by atoms with Crippen LogP contribution >= 0.6 is 11.6 Å². The lowest BCUT2D eigenvalue weighted by molar-refractivity contribution is 0.100. The van der Waals surface area contributed by atoms with Gasteiger partial charge in [0.05, 0.1) is 21.7 Å². The second kappa shape index (κ2) is 6.52. The van der Waals surface area contributed by atoms with E-state index < -0.39 is 5.91 Å². The maximum absolute atomic E-state index is 14.4. The minimum absolute atomic E-state index is 0.332. The number of fused-ring (bicyclic) bond motifs is 1. The van der Waals surface area contributed by atoms with Crippen molar-refractivity contribution in [2.24, 2.45) is 5.73 Å². The summed E-state index contributed by atoms with van der Waals surface area (Å²) < 4.78 is 16.2. The Morgan fingerprint density at radius 1 is 1.11 bits per heavy atom. The van der Waals surface area contributed by atoms with Crippen molar-refractivity contribution in [2.75, 3.05) is 0 Å². The van der Waals surface area contributed by atoms with E-state index in [2.05, 4.69) is 4.98 Å². The maximum Gasteiger partial charge on any atom is 0.248 e. The van der Waals surface area contributed by atoms with Crippen molar-refractivity contribution >= 4 is 28.5 Å². The number of aryl methyl sites for hydroxylation is 1. The number of rotatable bonds is 3. The molecule has 0 unspecified atom stereocenters. The number of hydrogen-bond acceptors (Lipinski definition) is 2. The zero-order valence-corrected chi connectivity index (χ0v) is 15.2. The van der Waals surface area contributed by atoms with E-state index in [0.29, 0.717) is 32.9 Å². The molecule has 4 nitrogen and oxygen atoms in total. The van der Waals surface area contributed by atoms with Gasteiger partial charge in [-0.05, 0) is 43.3 Å². The van der Waals surface area contributed by atoms with Crippen molar-refractivity contribution in [1.29, 1.82) is 0 Å². The first kappa shape index (κ1) is 17.2. The topological polar surface area (TPSA) is 60.9 Å². The molecule has 1 heterocycles. The summed E-state index contributed by atoms with van der Waals surface area (Å²) in [5, 5.41) is 0.417. The molecule has 0 saturated carbocycles. The van der Waals surface area contributed by atoms with Gasteiger partial charge in [-0.1, -0.05) is 35.4 Å². The Morgan fingerprint density at radius 3 is 2.70 bits per heavy atom. The molecule has 0 bridgehead atoms. The first-order valence-corrected chi connectivity index (χ1v) is 8.66. The first-order chi connectivity index (χ1) is 13.0. The Hall–Kier alpha value is -3.18. The van der Waals surface area contributed by atoms with Crippen LogP contribution in [0.3, 0.4) is 0 Å². The highest BCUT2D eigenvalue weighted by Gasteiger charge is 2.15. The molecule has 4 rings (SSSR count). The summed E-state index contributed by atoms with van der Waals surface area (Å²) in [7, 11) is 0. The highest BCUT2D eigenvalue weighted by atomic mass is 35.5. The van der Waals surface area contributed by atoms with Crippen LogP contribution in [-0.2, 0) is 0 Å². The van der Waals surface area contributed by atoms with E-state index in [4.69, 9.17) is 17.3 Å². The van der Waals surface area contributed by atoms with Gasteiger partial charge in [0.2, 0.25) is 5.91 Å². The van der Waals surface area contributed by atoms with E-state index in [9.17, 15) is 9.18 Å². The fourth-order valence-electron chi connectivity index (χ4n) is 3.12. The monoisotopic (exact) mass is 379 g/mol. The van der Waals surface area contributed by atoms with E-state index in [1.807, 2.05) is 19.1 Å². The van der Waals surface area contributed by atoms with Crippen molar-refractivity contribution in [3.63, 3.8) is 0 Å². The van der Waals surface area contributed by atoms with Crippen molar-refractivity contribution in [3.8, 4) is 16.8 Å². The molecule has 1 amide bonds.